The van der Waals surface area contributed by atoms with Gasteiger partial charge in [-0.05, 0) is 26.5 Å². The summed E-state index contributed by atoms with van der Waals surface area (Å²) >= 11 is 0. The van der Waals surface area contributed by atoms with E-state index in [2.05, 4.69) is 36.9 Å². The summed E-state index contributed by atoms with van der Waals surface area (Å²) in [6.45, 7) is 7.47. The predicted molar refractivity (Wildman–Crippen MR) is 75.4 cm³/mol. The standard InChI is InChI=1S/C15H23NO3/c1-5-16-12(3)13-10-11(2)6-7-14(13)19-9-8-15(17)18-4/h6-7,10,12,16H,5,8-9H2,1-4H3. The minimum atomic E-state index is -0.256. The molecular weight excluding hydrogens is 242 g/mol. The third-order valence-corrected chi connectivity index (χ3v) is 2.93. The van der Waals surface area contributed by atoms with Crippen LogP contribution in [0.1, 0.15) is 37.4 Å². The Morgan fingerprint density at radius 3 is 2.79 bits per heavy atom. The van der Waals surface area contributed by atoms with Crippen LogP contribution in [0.2, 0.25) is 0 Å². The molecule has 19 heavy (non-hydrogen) atoms. The van der Waals surface area contributed by atoms with Gasteiger partial charge in [0.2, 0.25) is 0 Å². The molecule has 0 aromatic heterocycles. The Bertz CT molecular complexity index is 418. The van der Waals surface area contributed by atoms with E-state index in [4.69, 9.17) is 4.74 Å². The van der Waals surface area contributed by atoms with Gasteiger partial charge in [0.1, 0.15) is 5.75 Å². The number of methoxy groups -OCH3 is 1. The predicted octanol–water partition coefficient (Wildman–Crippen LogP) is 2.61. The van der Waals surface area contributed by atoms with Gasteiger partial charge in [-0.3, -0.25) is 4.79 Å². The summed E-state index contributed by atoms with van der Waals surface area (Å²) < 4.78 is 10.3. The van der Waals surface area contributed by atoms with Crippen LogP contribution < -0.4 is 10.1 Å². The third kappa shape index (κ3) is 4.91. The van der Waals surface area contributed by atoms with Crippen LogP contribution in [0.25, 0.3) is 0 Å². The topological polar surface area (TPSA) is 47.6 Å². The molecule has 1 unspecified atom stereocenters. The second-order valence-electron chi connectivity index (χ2n) is 4.50. The molecule has 106 valence electrons. The minimum absolute atomic E-state index is 0.220. The van der Waals surface area contributed by atoms with Crippen molar-refractivity contribution < 1.29 is 14.3 Å². The molecule has 4 nitrogen and oxygen atoms in total. The highest BCUT2D eigenvalue weighted by Crippen LogP contribution is 2.26. The molecule has 1 aromatic carbocycles. The van der Waals surface area contributed by atoms with E-state index in [1.807, 2.05) is 12.1 Å². The first-order valence-corrected chi connectivity index (χ1v) is 6.62. The van der Waals surface area contributed by atoms with Crippen molar-refractivity contribution in [2.45, 2.75) is 33.2 Å². The molecule has 0 aliphatic heterocycles. The molecule has 1 aromatic rings. The normalized spacial score (nSPS) is 12.0. The average Bonchev–Trinajstić information content (AvgIpc) is 2.40. The van der Waals surface area contributed by atoms with E-state index in [0.29, 0.717) is 6.61 Å². The molecule has 0 saturated heterocycles. The van der Waals surface area contributed by atoms with E-state index in [1.165, 1.54) is 12.7 Å². The number of hydrogen-bond donors (Lipinski definition) is 1. The molecule has 0 aliphatic carbocycles. The van der Waals surface area contributed by atoms with Gasteiger partial charge in [-0.25, -0.2) is 0 Å². The fourth-order valence-electron chi connectivity index (χ4n) is 1.90. The summed E-state index contributed by atoms with van der Waals surface area (Å²) in [4.78, 5) is 11.1. The highest BCUT2D eigenvalue weighted by molar-refractivity contribution is 5.69. The van der Waals surface area contributed by atoms with E-state index in [0.717, 1.165) is 17.9 Å². The first kappa shape index (κ1) is 15.5. The van der Waals surface area contributed by atoms with Crippen molar-refractivity contribution in [2.24, 2.45) is 0 Å². The van der Waals surface area contributed by atoms with Gasteiger partial charge < -0.3 is 14.8 Å². The number of carbonyl (C=O) groups is 1. The monoisotopic (exact) mass is 265 g/mol. The van der Waals surface area contributed by atoms with E-state index in [-0.39, 0.29) is 18.4 Å². The van der Waals surface area contributed by atoms with Gasteiger partial charge in [0.15, 0.2) is 0 Å². The number of hydrogen-bond acceptors (Lipinski definition) is 4. The molecule has 1 rings (SSSR count). The summed E-state index contributed by atoms with van der Waals surface area (Å²) in [6.07, 6.45) is 0.263. The summed E-state index contributed by atoms with van der Waals surface area (Å²) in [5.74, 6) is 0.566. The molecule has 0 spiro atoms. The zero-order valence-electron chi connectivity index (χ0n) is 12.2. The fourth-order valence-corrected chi connectivity index (χ4v) is 1.90. The van der Waals surface area contributed by atoms with Crippen LogP contribution in [0.15, 0.2) is 18.2 Å². The number of esters is 1. The van der Waals surface area contributed by atoms with Crippen molar-refractivity contribution in [1.29, 1.82) is 0 Å². The Balaban J connectivity index is 2.73. The smallest absolute Gasteiger partial charge is 0.308 e. The third-order valence-electron chi connectivity index (χ3n) is 2.93. The zero-order chi connectivity index (χ0) is 14.3. The number of rotatable bonds is 7. The first-order chi connectivity index (χ1) is 9.08. The van der Waals surface area contributed by atoms with Crippen LogP contribution in [-0.4, -0.2) is 26.2 Å². The Kier molecular flexibility index (Phi) is 6.36. The molecular formula is C15H23NO3. The van der Waals surface area contributed by atoms with Crippen molar-refractivity contribution in [3.05, 3.63) is 29.3 Å². The molecule has 0 saturated carbocycles. The van der Waals surface area contributed by atoms with Crippen LogP contribution >= 0.6 is 0 Å². The molecule has 4 heteroatoms. The van der Waals surface area contributed by atoms with Crippen molar-refractivity contribution in [2.75, 3.05) is 20.3 Å². The summed E-state index contributed by atoms with van der Waals surface area (Å²) in [5, 5.41) is 3.37. The molecule has 0 aliphatic rings. The Hall–Kier alpha value is -1.55. The quantitative estimate of drug-likeness (QED) is 0.770. The molecule has 0 heterocycles. The van der Waals surface area contributed by atoms with Crippen LogP contribution in [-0.2, 0) is 9.53 Å². The maximum atomic E-state index is 11.1. The average molecular weight is 265 g/mol. The minimum Gasteiger partial charge on any atom is -0.493 e. The van der Waals surface area contributed by atoms with Crippen LogP contribution in [0.5, 0.6) is 5.75 Å². The maximum Gasteiger partial charge on any atom is 0.308 e. The number of carbonyl (C=O) groups excluding carboxylic acids is 1. The van der Waals surface area contributed by atoms with Crippen molar-refractivity contribution in [3.63, 3.8) is 0 Å². The summed E-state index contributed by atoms with van der Waals surface area (Å²) in [6, 6.07) is 6.30. The van der Waals surface area contributed by atoms with Gasteiger partial charge in [-0.1, -0.05) is 24.6 Å². The van der Waals surface area contributed by atoms with Crippen LogP contribution in [0, 0.1) is 6.92 Å². The lowest BCUT2D eigenvalue weighted by molar-refractivity contribution is -0.141. The highest BCUT2D eigenvalue weighted by Gasteiger charge is 2.11. The number of aryl methyl sites for hydroxylation is 1. The summed E-state index contributed by atoms with van der Waals surface area (Å²) in [5.41, 5.74) is 2.31. The van der Waals surface area contributed by atoms with Gasteiger partial charge in [0.25, 0.3) is 0 Å². The highest BCUT2D eigenvalue weighted by atomic mass is 16.5. The van der Waals surface area contributed by atoms with E-state index < -0.39 is 0 Å². The fraction of sp³-hybridized carbons (Fsp3) is 0.533. The number of benzene rings is 1. The second kappa shape index (κ2) is 7.79. The lowest BCUT2D eigenvalue weighted by Gasteiger charge is -2.18. The van der Waals surface area contributed by atoms with Crippen LogP contribution in [0.4, 0.5) is 0 Å². The summed E-state index contributed by atoms with van der Waals surface area (Å²) in [7, 11) is 1.38. The Morgan fingerprint density at radius 1 is 1.42 bits per heavy atom. The van der Waals surface area contributed by atoms with E-state index in [9.17, 15) is 4.79 Å². The molecule has 1 N–H and O–H groups in total. The molecule has 0 fully saturated rings. The van der Waals surface area contributed by atoms with E-state index >= 15 is 0 Å². The first-order valence-electron chi connectivity index (χ1n) is 6.62. The van der Waals surface area contributed by atoms with Crippen LogP contribution in [0.3, 0.4) is 0 Å². The van der Waals surface area contributed by atoms with Gasteiger partial charge in [-0.2, -0.15) is 0 Å². The Labute approximate surface area is 115 Å². The molecule has 1 atom stereocenters. The lowest BCUT2D eigenvalue weighted by atomic mass is 10.0. The molecule has 0 bridgehead atoms. The van der Waals surface area contributed by atoms with Crippen molar-refractivity contribution in [1.82, 2.24) is 5.32 Å². The van der Waals surface area contributed by atoms with Crippen molar-refractivity contribution in [3.8, 4) is 5.75 Å². The molecule has 0 radical (unpaired) electrons. The van der Waals surface area contributed by atoms with Gasteiger partial charge in [0, 0.05) is 11.6 Å². The number of nitrogens with one attached hydrogen (secondary N) is 1. The largest absolute Gasteiger partial charge is 0.493 e. The Morgan fingerprint density at radius 2 is 2.16 bits per heavy atom. The second-order valence-corrected chi connectivity index (χ2v) is 4.50. The van der Waals surface area contributed by atoms with Crippen molar-refractivity contribution >= 4 is 5.97 Å². The van der Waals surface area contributed by atoms with Gasteiger partial charge in [0.05, 0.1) is 20.1 Å². The van der Waals surface area contributed by atoms with E-state index in [1.54, 1.807) is 0 Å². The number of ether oxygens (including phenoxy) is 2. The zero-order valence-corrected chi connectivity index (χ0v) is 12.2. The lowest BCUT2D eigenvalue weighted by Crippen LogP contribution is -2.19. The maximum absolute atomic E-state index is 11.1. The molecule has 0 amide bonds. The van der Waals surface area contributed by atoms with Gasteiger partial charge in [-0.15, -0.1) is 0 Å². The van der Waals surface area contributed by atoms with Gasteiger partial charge >= 0.3 is 5.97 Å². The SMILES string of the molecule is CCNC(C)c1cc(C)ccc1OCCC(=O)OC.